The van der Waals surface area contributed by atoms with Gasteiger partial charge in [-0.15, -0.1) is 11.3 Å². The number of hydrogen-bond acceptors (Lipinski definition) is 3. The monoisotopic (exact) mass is 449 g/mol. The number of benzene rings is 4. The van der Waals surface area contributed by atoms with Gasteiger partial charge in [-0.25, -0.2) is 0 Å². The number of carbonyl (C=O) groups excluding carboxylic acids is 1. The van der Waals surface area contributed by atoms with Crippen LogP contribution in [0.4, 0.5) is 0 Å². The quantitative estimate of drug-likeness (QED) is 0.267. The molecule has 5 aromatic rings. The van der Waals surface area contributed by atoms with Gasteiger partial charge in [0.05, 0.1) is 4.88 Å². The molecule has 33 heavy (non-hydrogen) atoms. The van der Waals surface area contributed by atoms with Gasteiger partial charge in [0.25, 0.3) is 5.91 Å². The van der Waals surface area contributed by atoms with Gasteiger partial charge in [-0.05, 0) is 70.4 Å². The summed E-state index contributed by atoms with van der Waals surface area (Å²) in [5.41, 5.74) is 2.21. The van der Waals surface area contributed by atoms with E-state index in [9.17, 15) is 4.79 Å². The zero-order valence-electron chi connectivity index (χ0n) is 18.3. The van der Waals surface area contributed by atoms with Crippen LogP contribution in [-0.2, 0) is 6.54 Å². The van der Waals surface area contributed by atoms with Crippen LogP contribution >= 0.6 is 11.3 Å². The third kappa shape index (κ3) is 4.66. The minimum atomic E-state index is 0.0308. The molecule has 0 aliphatic carbocycles. The van der Waals surface area contributed by atoms with Crippen LogP contribution in [0.5, 0.6) is 11.5 Å². The number of hydrogen-bond donors (Lipinski definition) is 0. The number of carbonyl (C=O) groups is 1. The Morgan fingerprint density at radius 2 is 1.45 bits per heavy atom. The van der Waals surface area contributed by atoms with Gasteiger partial charge in [0.2, 0.25) is 0 Å². The van der Waals surface area contributed by atoms with E-state index in [1.807, 2.05) is 92.0 Å². The molecule has 0 saturated heterocycles. The molecular formula is C29H23NO2S. The van der Waals surface area contributed by atoms with Crippen molar-refractivity contribution in [2.75, 3.05) is 7.05 Å². The molecule has 0 spiro atoms. The molecule has 4 aromatic carbocycles. The SMILES string of the molecule is CN(Cc1cccc2ccccc12)C(=O)c1ccc(-c2ccc(Oc3ccccc3)cc2)s1. The molecular weight excluding hydrogens is 426 g/mol. The number of para-hydroxylation sites is 1. The normalized spacial score (nSPS) is 10.8. The van der Waals surface area contributed by atoms with E-state index in [2.05, 4.69) is 24.3 Å². The summed E-state index contributed by atoms with van der Waals surface area (Å²) >= 11 is 1.51. The first-order valence-corrected chi connectivity index (χ1v) is 11.6. The summed E-state index contributed by atoms with van der Waals surface area (Å²) < 4.78 is 5.87. The third-order valence-electron chi connectivity index (χ3n) is 5.57. The van der Waals surface area contributed by atoms with Crippen molar-refractivity contribution in [2.45, 2.75) is 6.54 Å². The second kappa shape index (κ2) is 9.31. The van der Waals surface area contributed by atoms with Crippen molar-refractivity contribution in [2.24, 2.45) is 0 Å². The smallest absolute Gasteiger partial charge is 0.263 e. The fourth-order valence-corrected chi connectivity index (χ4v) is 4.87. The van der Waals surface area contributed by atoms with Crippen LogP contribution in [0.25, 0.3) is 21.2 Å². The van der Waals surface area contributed by atoms with Crippen molar-refractivity contribution < 1.29 is 9.53 Å². The highest BCUT2D eigenvalue weighted by atomic mass is 32.1. The summed E-state index contributed by atoms with van der Waals surface area (Å²) in [6.07, 6.45) is 0. The molecule has 0 fully saturated rings. The van der Waals surface area contributed by atoms with E-state index < -0.39 is 0 Å². The van der Waals surface area contributed by atoms with Crippen LogP contribution in [0.1, 0.15) is 15.2 Å². The fraction of sp³-hybridized carbons (Fsp3) is 0.0690. The van der Waals surface area contributed by atoms with E-state index in [0.29, 0.717) is 6.54 Å². The molecule has 4 heteroatoms. The average Bonchev–Trinajstić information content (AvgIpc) is 3.35. The first kappa shape index (κ1) is 21.0. The number of rotatable bonds is 6. The minimum Gasteiger partial charge on any atom is -0.457 e. The van der Waals surface area contributed by atoms with Crippen LogP contribution in [0.15, 0.2) is 109 Å². The van der Waals surface area contributed by atoms with E-state index in [1.54, 1.807) is 4.90 Å². The molecule has 5 rings (SSSR count). The number of thiophene rings is 1. The van der Waals surface area contributed by atoms with Gasteiger partial charge in [0.15, 0.2) is 0 Å². The Kier molecular flexibility index (Phi) is 5.92. The van der Waals surface area contributed by atoms with Crippen molar-refractivity contribution >= 4 is 28.0 Å². The van der Waals surface area contributed by atoms with Gasteiger partial charge in [0, 0.05) is 18.5 Å². The van der Waals surface area contributed by atoms with Crippen LogP contribution < -0.4 is 4.74 Å². The Morgan fingerprint density at radius 1 is 0.758 bits per heavy atom. The van der Waals surface area contributed by atoms with Gasteiger partial charge in [-0.2, -0.15) is 0 Å². The largest absolute Gasteiger partial charge is 0.457 e. The molecule has 0 bridgehead atoms. The lowest BCUT2D eigenvalue weighted by molar-refractivity contribution is 0.0790. The minimum absolute atomic E-state index is 0.0308. The van der Waals surface area contributed by atoms with Crippen molar-refractivity contribution in [1.29, 1.82) is 0 Å². The topological polar surface area (TPSA) is 29.5 Å². The van der Waals surface area contributed by atoms with Crippen LogP contribution in [0.3, 0.4) is 0 Å². The van der Waals surface area contributed by atoms with Crippen LogP contribution in [0.2, 0.25) is 0 Å². The Balaban J connectivity index is 1.29. The first-order chi connectivity index (χ1) is 16.2. The zero-order valence-corrected chi connectivity index (χ0v) is 19.1. The molecule has 0 radical (unpaired) electrons. The Hall–Kier alpha value is -3.89. The molecule has 1 amide bonds. The summed E-state index contributed by atoms with van der Waals surface area (Å²) in [4.78, 5) is 16.7. The first-order valence-electron chi connectivity index (χ1n) is 10.8. The second-order valence-electron chi connectivity index (χ2n) is 7.90. The van der Waals surface area contributed by atoms with Crippen LogP contribution in [-0.4, -0.2) is 17.9 Å². The molecule has 162 valence electrons. The molecule has 3 nitrogen and oxygen atoms in total. The lowest BCUT2D eigenvalue weighted by atomic mass is 10.0. The summed E-state index contributed by atoms with van der Waals surface area (Å²) in [6, 6.07) is 36.1. The molecule has 1 heterocycles. The van der Waals surface area contributed by atoms with E-state index in [4.69, 9.17) is 4.74 Å². The van der Waals surface area contributed by atoms with Crippen molar-refractivity contribution in [3.63, 3.8) is 0 Å². The van der Waals surface area contributed by atoms with Gasteiger partial charge in [-0.3, -0.25) is 4.79 Å². The number of fused-ring (bicyclic) bond motifs is 1. The lowest BCUT2D eigenvalue weighted by Crippen LogP contribution is -2.25. The van der Waals surface area contributed by atoms with E-state index in [1.165, 1.54) is 22.1 Å². The van der Waals surface area contributed by atoms with Crippen LogP contribution in [0, 0.1) is 0 Å². The molecule has 0 N–H and O–H groups in total. The summed E-state index contributed by atoms with van der Waals surface area (Å²) in [5, 5.41) is 2.37. The van der Waals surface area contributed by atoms with E-state index in [-0.39, 0.29) is 5.91 Å². The van der Waals surface area contributed by atoms with Crippen molar-refractivity contribution in [3.05, 3.63) is 120 Å². The van der Waals surface area contributed by atoms with E-state index >= 15 is 0 Å². The highest BCUT2D eigenvalue weighted by Crippen LogP contribution is 2.31. The molecule has 1 aromatic heterocycles. The van der Waals surface area contributed by atoms with Gasteiger partial charge < -0.3 is 9.64 Å². The maximum absolute atomic E-state index is 13.1. The molecule has 0 aliphatic rings. The van der Waals surface area contributed by atoms with Gasteiger partial charge in [-0.1, -0.05) is 60.7 Å². The number of amides is 1. The predicted octanol–water partition coefficient (Wildman–Crippen LogP) is 7.63. The molecule has 0 atom stereocenters. The molecule has 0 saturated carbocycles. The van der Waals surface area contributed by atoms with E-state index in [0.717, 1.165) is 32.4 Å². The average molecular weight is 450 g/mol. The predicted molar refractivity (Wildman–Crippen MR) is 136 cm³/mol. The van der Waals surface area contributed by atoms with Gasteiger partial charge in [0.1, 0.15) is 11.5 Å². The molecule has 0 aliphatic heterocycles. The van der Waals surface area contributed by atoms with Crippen molar-refractivity contribution in [3.8, 4) is 21.9 Å². The highest BCUT2D eigenvalue weighted by molar-refractivity contribution is 7.17. The van der Waals surface area contributed by atoms with Crippen molar-refractivity contribution in [1.82, 2.24) is 4.90 Å². The highest BCUT2D eigenvalue weighted by Gasteiger charge is 2.16. The number of nitrogens with zero attached hydrogens (tertiary/aromatic N) is 1. The Bertz CT molecular complexity index is 1390. The third-order valence-corrected chi connectivity index (χ3v) is 6.69. The summed E-state index contributed by atoms with van der Waals surface area (Å²) in [7, 11) is 1.86. The molecule has 0 unspecified atom stereocenters. The Labute approximate surface area is 197 Å². The van der Waals surface area contributed by atoms with Gasteiger partial charge >= 0.3 is 0 Å². The fourth-order valence-electron chi connectivity index (χ4n) is 3.87. The number of ether oxygens (including phenoxy) is 1. The standard InChI is InChI=1S/C29H23NO2S/c1-30(20-23-10-7-9-21-8-5-6-13-26(21)23)29(31)28-19-18-27(33-28)22-14-16-25(17-15-22)32-24-11-3-2-4-12-24/h2-19H,20H2,1H3. The Morgan fingerprint density at radius 3 is 2.27 bits per heavy atom. The second-order valence-corrected chi connectivity index (χ2v) is 8.99. The maximum Gasteiger partial charge on any atom is 0.263 e. The maximum atomic E-state index is 13.1. The summed E-state index contributed by atoms with van der Waals surface area (Å²) in [5.74, 6) is 1.62. The summed E-state index contributed by atoms with van der Waals surface area (Å²) in [6.45, 7) is 0.568. The lowest BCUT2D eigenvalue weighted by Gasteiger charge is -2.17. The zero-order chi connectivity index (χ0) is 22.6.